The van der Waals surface area contributed by atoms with Crippen molar-refractivity contribution in [3.05, 3.63) is 28.2 Å². The first-order chi connectivity index (χ1) is 9.19. The van der Waals surface area contributed by atoms with E-state index >= 15 is 0 Å². The van der Waals surface area contributed by atoms with Gasteiger partial charge in [0.25, 0.3) is 0 Å². The van der Waals surface area contributed by atoms with Crippen LogP contribution in [0.3, 0.4) is 0 Å². The Morgan fingerprint density at radius 2 is 2.05 bits per heavy atom. The van der Waals surface area contributed by atoms with Crippen LogP contribution in [0.5, 0.6) is 0 Å². The van der Waals surface area contributed by atoms with Gasteiger partial charge in [0.15, 0.2) is 0 Å². The molecular weight excluding hydrogens is 363 g/mol. The van der Waals surface area contributed by atoms with Crippen molar-refractivity contribution in [1.29, 1.82) is 0 Å². The van der Waals surface area contributed by atoms with Crippen LogP contribution in [-0.4, -0.2) is 15.7 Å². The minimum absolute atomic E-state index is 0.173. The molecule has 1 aromatic carbocycles. The van der Waals surface area contributed by atoms with Crippen molar-refractivity contribution >= 4 is 38.6 Å². The quantitative estimate of drug-likeness (QED) is 0.535. The number of imidazole rings is 1. The van der Waals surface area contributed by atoms with Crippen LogP contribution in [0.25, 0.3) is 11.0 Å². The van der Waals surface area contributed by atoms with Crippen molar-refractivity contribution in [3.63, 3.8) is 0 Å². The first-order valence-corrected chi connectivity index (χ1v) is 6.98. The highest BCUT2D eigenvalue weighted by Crippen LogP contribution is 2.30. The number of hydrogen-bond acceptors (Lipinski definition) is 1. The van der Waals surface area contributed by atoms with E-state index in [1.165, 1.54) is 16.7 Å². The Labute approximate surface area is 125 Å². The fraction of sp³-hybridized carbons (Fsp3) is 0.417. The standard InChI is InChI=1S/C12H10BrClF4N2/c1-6(14)11-19-9-5-8(15)7(13)4-10(9)20(11)3-2-12(16,17)18/h4-6H,2-3H2,1H3. The molecule has 0 aliphatic heterocycles. The van der Waals surface area contributed by atoms with Crippen LogP contribution >= 0.6 is 27.5 Å². The topological polar surface area (TPSA) is 17.8 Å². The summed E-state index contributed by atoms with van der Waals surface area (Å²) in [6.45, 7) is 1.31. The maximum absolute atomic E-state index is 13.5. The lowest BCUT2D eigenvalue weighted by Gasteiger charge is -2.12. The summed E-state index contributed by atoms with van der Waals surface area (Å²) in [6, 6.07) is 2.59. The summed E-state index contributed by atoms with van der Waals surface area (Å²) in [4.78, 5) is 4.12. The van der Waals surface area contributed by atoms with Gasteiger partial charge < -0.3 is 4.57 Å². The molecule has 0 amide bonds. The average molecular weight is 374 g/mol. The highest BCUT2D eigenvalue weighted by atomic mass is 79.9. The van der Waals surface area contributed by atoms with Gasteiger partial charge in [0, 0.05) is 12.6 Å². The predicted molar refractivity (Wildman–Crippen MR) is 72.3 cm³/mol. The van der Waals surface area contributed by atoms with Gasteiger partial charge in [-0.25, -0.2) is 9.37 Å². The predicted octanol–water partition coefficient (Wildman–Crippen LogP) is 5.19. The number of nitrogens with zero attached hydrogens (tertiary/aromatic N) is 2. The molecule has 0 fully saturated rings. The minimum Gasteiger partial charge on any atom is -0.326 e. The summed E-state index contributed by atoms with van der Waals surface area (Å²) < 4.78 is 52.2. The normalized spacial score (nSPS) is 13.9. The number of aromatic nitrogens is 2. The molecule has 0 aliphatic rings. The number of fused-ring (bicyclic) bond motifs is 1. The summed E-state index contributed by atoms with van der Waals surface area (Å²) in [5, 5.41) is -0.572. The molecule has 0 aliphatic carbocycles. The molecule has 20 heavy (non-hydrogen) atoms. The van der Waals surface area contributed by atoms with Crippen molar-refractivity contribution in [2.45, 2.75) is 31.4 Å². The summed E-state index contributed by atoms with van der Waals surface area (Å²) in [7, 11) is 0. The van der Waals surface area contributed by atoms with E-state index in [4.69, 9.17) is 11.6 Å². The summed E-state index contributed by atoms with van der Waals surface area (Å²) in [5.41, 5.74) is 0.709. The van der Waals surface area contributed by atoms with Gasteiger partial charge in [-0.05, 0) is 28.9 Å². The molecule has 0 spiro atoms. The lowest BCUT2D eigenvalue weighted by Crippen LogP contribution is -2.14. The van der Waals surface area contributed by atoms with Crippen molar-refractivity contribution in [2.24, 2.45) is 0 Å². The van der Waals surface area contributed by atoms with Crippen LogP contribution < -0.4 is 0 Å². The van der Waals surface area contributed by atoms with Crippen molar-refractivity contribution in [3.8, 4) is 0 Å². The lowest BCUT2D eigenvalue weighted by molar-refractivity contribution is -0.136. The zero-order valence-electron chi connectivity index (χ0n) is 10.3. The van der Waals surface area contributed by atoms with Gasteiger partial charge in [0.2, 0.25) is 0 Å². The van der Waals surface area contributed by atoms with Gasteiger partial charge in [0.1, 0.15) is 11.6 Å². The molecule has 1 unspecified atom stereocenters. The van der Waals surface area contributed by atoms with Gasteiger partial charge in [-0.1, -0.05) is 0 Å². The van der Waals surface area contributed by atoms with E-state index in [0.29, 0.717) is 11.3 Å². The molecular formula is C12H10BrClF4N2. The average Bonchev–Trinajstić information content (AvgIpc) is 2.64. The fourth-order valence-electron chi connectivity index (χ4n) is 1.92. The molecule has 8 heteroatoms. The Morgan fingerprint density at radius 3 is 2.60 bits per heavy atom. The molecule has 2 nitrogen and oxygen atoms in total. The maximum Gasteiger partial charge on any atom is 0.390 e. The molecule has 1 heterocycles. The Bertz CT molecular complexity index is 636. The summed E-state index contributed by atoms with van der Waals surface area (Å²) >= 11 is 8.96. The SMILES string of the molecule is CC(Cl)c1nc2cc(F)c(Br)cc2n1CCC(F)(F)F. The van der Waals surface area contributed by atoms with E-state index in [0.717, 1.165) is 0 Å². The molecule has 2 rings (SSSR count). The van der Waals surface area contributed by atoms with Crippen LogP contribution in [0, 0.1) is 5.82 Å². The second-order valence-electron chi connectivity index (χ2n) is 4.36. The number of halogens is 6. The Balaban J connectivity index is 2.53. The van der Waals surface area contributed by atoms with Crippen molar-refractivity contribution in [1.82, 2.24) is 9.55 Å². The Kier molecular flexibility index (Phi) is 4.30. The van der Waals surface area contributed by atoms with Crippen molar-refractivity contribution in [2.75, 3.05) is 0 Å². The van der Waals surface area contributed by atoms with E-state index in [1.807, 2.05) is 0 Å². The number of hydrogen-bond donors (Lipinski definition) is 0. The maximum atomic E-state index is 13.5. The largest absolute Gasteiger partial charge is 0.390 e. The Morgan fingerprint density at radius 1 is 1.40 bits per heavy atom. The van der Waals surface area contributed by atoms with E-state index in [9.17, 15) is 17.6 Å². The smallest absolute Gasteiger partial charge is 0.326 e. The molecule has 0 bridgehead atoms. The zero-order valence-corrected chi connectivity index (χ0v) is 12.7. The van der Waals surface area contributed by atoms with Gasteiger partial charge >= 0.3 is 6.18 Å². The first-order valence-electron chi connectivity index (χ1n) is 5.75. The molecule has 0 radical (unpaired) electrons. The molecule has 1 atom stereocenters. The third-order valence-corrected chi connectivity index (χ3v) is 3.60. The van der Waals surface area contributed by atoms with Gasteiger partial charge in [0.05, 0.1) is 27.3 Å². The molecule has 110 valence electrons. The van der Waals surface area contributed by atoms with Crippen molar-refractivity contribution < 1.29 is 17.6 Å². The zero-order chi connectivity index (χ0) is 15.1. The second kappa shape index (κ2) is 5.52. The fourth-order valence-corrected chi connectivity index (χ4v) is 2.41. The highest BCUT2D eigenvalue weighted by Gasteiger charge is 2.28. The van der Waals surface area contributed by atoms with E-state index < -0.39 is 23.8 Å². The van der Waals surface area contributed by atoms with Gasteiger partial charge in [-0.15, -0.1) is 11.6 Å². The van der Waals surface area contributed by atoms with E-state index in [2.05, 4.69) is 20.9 Å². The minimum atomic E-state index is -4.28. The first kappa shape index (κ1) is 15.6. The molecule has 0 saturated carbocycles. The monoisotopic (exact) mass is 372 g/mol. The molecule has 2 aromatic rings. The van der Waals surface area contributed by atoms with Crippen LogP contribution in [0.2, 0.25) is 0 Å². The molecule has 0 saturated heterocycles. The lowest BCUT2D eigenvalue weighted by atomic mass is 10.3. The summed E-state index contributed by atoms with van der Waals surface area (Å²) in [6.07, 6.45) is -5.27. The highest BCUT2D eigenvalue weighted by molar-refractivity contribution is 9.10. The van der Waals surface area contributed by atoms with Crippen LogP contribution in [0.4, 0.5) is 17.6 Å². The summed E-state index contributed by atoms with van der Waals surface area (Å²) in [5.74, 6) is -0.227. The number of aryl methyl sites for hydroxylation is 1. The number of alkyl halides is 4. The van der Waals surface area contributed by atoms with E-state index in [-0.39, 0.29) is 16.5 Å². The van der Waals surface area contributed by atoms with Crippen LogP contribution in [-0.2, 0) is 6.54 Å². The van der Waals surface area contributed by atoms with Crippen LogP contribution in [0.1, 0.15) is 24.5 Å². The third kappa shape index (κ3) is 3.25. The van der Waals surface area contributed by atoms with Crippen LogP contribution in [0.15, 0.2) is 16.6 Å². The Hall–Kier alpha value is -0.820. The second-order valence-corrected chi connectivity index (χ2v) is 5.87. The number of rotatable bonds is 3. The van der Waals surface area contributed by atoms with E-state index in [1.54, 1.807) is 6.92 Å². The molecule has 0 N–H and O–H groups in total. The number of benzene rings is 1. The molecule has 1 aromatic heterocycles. The third-order valence-electron chi connectivity index (χ3n) is 2.79. The van der Waals surface area contributed by atoms with Gasteiger partial charge in [-0.3, -0.25) is 0 Å². The van der Waals surface area contributed by atoms with Gasteiger partial charge in [-0.2, -0.15) is 13.2 Å².